The number of hydrogen-bond acceptors (Lipinski definition) is 4. The molecule has 1 rings (SSSR count). The summed E-state index contributed by atoms with van der Waals surface area (Å²) < 4.78 is 0. The van der Waals surface area contributed by atoms with E-state index in [2.05, 4.69) is 10.6 Å². The van der Waals surface area contributed by atoms with Gasteiger partial charge < -0.3 is 20.8 Å². The molecule has 20 heavy (non-hydrogen) atoms. The number of amides is 1. The van der Waals surface area contributed by atoms with E-state index in [1.165, 1.54) is 0 Å². The third kappa shape index (κ3) is 4.64. The number of carboxylic acids is 1. The lowest BCUT2D eigenvalue weighted by molar-refractivity contribution is -0.138. The van der Waals surface area contributed by atoms with Crippen molar-refractivity contribution in [2.45, 2.75) is 31.9 Å². The highest BCUT2D eigenvalue weighted by molar-refractivity contribution is 5.90. The molecule has 0 aliphatic carbocycles. The molecule has 0 saturated heterocycles. The Balaban J connectivity index is 2.75. The summed E-state index contributed by atoms with van der Waals surface area (Å²) in [5.41, 5.74) is 1.24. The number of aliphatic hydroxyl groups is 1. The zero-order valence-corrected chi connectivity index (χ0v) is 11.6. The number of rotatable bonds is 7. The van der Waals surface area contributed by atoms with Crippen molar-refractivity contribution in [1.82, 2.24) is 5.32 Å². The minimum atomic E-state index is -0.977. The Labute approximate surface area is 117 Å². The predicted octanol–water partition coefficient (Wildman–Crippen LogP) is 1.13. The van der Waals surface area contributed by atoms with Gasteiger partial charge in [0.25, 0.3) is 0 Å². The second-order valence-corrected chi connectivity index (χ2v) is 4.46. The van der Waals surface area contributed by atoms with Crippen LogP contribution in [-0.2, 0) is 9.59 Å². The summed E-state index contributed by atoms with van der Waals surface area (Å²) in [4.78, 5) is 22.0. The Bertz CT molecular complexity index is 459. The van der Waals surface area contributed by atoms with E-state index in [1.54, 1.807) is 38.2 Å². The van der Waals surface area contributed by atoms with Crippen LogP contribution in [0.3, 0.4) is 0 Å². The maximum atomic E-state index is 11.2. The van der Waals surface area contributed by atoms with Crippen LogP contribution in [0.15, 0.2) is 24.3 Å². The molecule has 0 aliphatic rings. The Morgan fingerprint density at radius 2 is 1.85 bits per heavy atom. The molecule has 1 aromatic rings. The van der Waals surface area contributed by atoms with E-state index in [4.69, 9.17) is 5.11 Å². The number of hydrogen-bond donors (Lipinski definition) is 4. The Morgan fingerprint density at radius 1 is 1.25 bits per heavy atom. The standard InChI is InChI=1S/C14H20N2O4/c1-3-12(17)16-10-6-4-9(5-7-10)14(20)11(15-2)8-13(18)19/h4-7,11,14-15,20H,3,8H2,1-2H3,(H,16,17)(H,18,19). The van der Waals surface area contributed by atoms with Crippen LogP contribution in [0.25, 0.3) is 0 Å². The minimum Gasteiger partial charge on any atom is -0.481 e. The number of carboxylic acid groups (broad SMARTS) is 1. The molecule has 2 atom stereocenters. The van der Waals surface area contributed by atoms with Gasteiger partial charge in [0.15, 0.2) is 0 Å². The van der Waals surface area contributed by atoms with Crippen LogP contribution in [0.4, 0.5) is 5.69 Å². The minimum absolute atomic E-state index is 0.0859. The molecule has 0 aliphatic heterocycles. The summed E-state index contributed by atoms with van der Waals surface area (Å²) in [6.45, 7) is 1.76. The fourth-order valence-corrected chi connectivity index (χ4v) is 1.81. The largest absolute Gasteiger partial charge is 0.481 e. The van der Waals surface area contributed by atoms with Gasteiger partial charge in [-0.15, -0.1) is 0 Å². The normalized spacial score (nSPS) is 13.6. The van der Waals surface area contributed by atoms with E-state index in [1.807, 2.05) is 0 Å². The topological polar surface area (TPSA) is 98.7 Å². The average Bonchev–Trinajstić information content (AvgIpc) is 2.44. The molecule has 4 N–H and O–H groups in total. The second-order valence-electron chi connectivity index (χ2n) is 4.46. The smallest absolute Gasteiger partial charge is 0.305 e. The molecule has 0 aromatic heterocycles. The summed E-state index contributed by atoms with van der Waals surface area (Å²) >= 11 is 0. The van der Waals surface area contributed by atoms with Crippen molar-refractivity contribution in [2.75, 3.05) is 12.4 Å². The molecule has 0 saturated carbocycles. The van der Waals surface area contributed by atoms with Gasteiger partial charge in [-0.25, -0.2) is 0 Å². The molecule has 110 valence electrons. The van der Waals surface area contributed by atoms with Gasteiger partial charge in [-0.2, -0.15) is 0 Å². The number of aliphatic hydroxyl groups excluding tert-OH is 1. The number of carbonyl (C=O) groups is 2. The number of benzene rings is 1. The maximum absolute atomic E-state index is 11.2. The zero-order valence-electron chi connectivity index (χ0n) is 11.6. The Morgan fingerprint density at radius 3 is 2.30 bits per heavy atom. The van der Waals surface area contributed by atoms with Crippen LogP contribution in [-0.4, -0.2) is 35.2 Å². The number of carbonyl (C=O) groups excluding carboxylic acids is 1. The molecular formula is C14H20N2O4. The van der Waals surface area contributed by atoms with Crippen LogP contribution < -0.4 is 10.6 Å². The highest BCUT2D eigenvalue weighted by Gasteiger charge is 2.21. The Kier molecular flexibility index (Phi) is 6.14. The lowest BCUT2D eigenvalue weighted by Crippen LogP contribution is -2.34. The highest BCUT2D eigenvalue weighted by atomic mass is 16.4. The summed E-state index contributed by atoms with van der Waals surface area (Å²) in [7, 11) is 1.60. The highest BCUT2D eigenvalue weighted by Crippen LogP contribution is 2.21. The van der Waals surface area contributed by atoms with Crippen molar-refractivity contribution < 1.29 is 19.8 Å². The quantitative estimate of drug-likeness (QED) is 0.600. The molecule has 0 bridgehead atoms. The predicted molar refractivity (Wildman–Crippen MR) is 75.4 cm³/mol. The summed E-state index contributed by atoms with van der Waals surface area (Å²) in [6, 6.07) is 6.13. The van der Waals surface area contributed by atoms with Crippen molar-refractivity contribution in [3.8, 4) is 0 Å². The first-order valence-electron chi connectivity index (χ1n) is 6.44. The third-order valence-corrected chi connectivity index (χ3v) is 3.00. The van der Waals surface area contributed by atoms with Crippen molar-refractivity contribution in [1.29, 1.82) is 0 Å². The van der Waals surface area contributed by atoms with Gasteiger partial charge in [0, 0.05) is 18.2 Å². The van der Waals surface area contributed by atoms with Crippen LogP contribution in [0.1, 0.15) is 31.4 Å². The van der Waals surface area contributed by atoms with E-state index in [-0.39, 0.29) is 12.3 Å². The third-order valence-electron chi connectivity index (χ3n) is 3.00. The van der Waals surface area contributed by atoms with E-state index >= 15 is 0 Å². The lowest BCUT2D eigenvalue weighted by atomic mass is 9.99. The van der Waals surface area contributed by atoms with E-state index in [0.29, 0.717) is 17.7 Å². The molecule has 1 amide bonds. The van der Waals surface area contributed by atoms with E-state index in [9.17, 15) is 14.7 Å². The molecule has 0 spiro atoms. The van der Waals surface area contributed by atoms with E-state index < -0.39 is 18.1 Å². The van der Waals surface area contributed by atoms with Gasteiger partial charge in [0.05, 0.1) is 12.5 Å². The van der Waals surface area contributed by atoms with Crippen LogP contribution in [0.5, 0.6) is 0 Å². The summed E-state index contributed by atoms with van der Waals surface area (Å²) in [5.74, 6) is -1.06. The van der Waals surface area contributed by atoms with Crippen molar-refractivity contribution in [2.24, 2.45) is 0 Å². The molecule has 0 heterocycles. The van der Waals surface area contributed by atoms with Crippen LogP contribution in [0.2, 0.25) is 0 Å². The van der Waals surface area contributed by atoms with Crippen LogP contribution in [0, 0.1) is 0 Å². The molecule has 0 fully saturated rings. The first kappa shape index (κ1) is 16.1. The monoisotopic (exact) mass is 280 g/mol. The fourth-order valence-electron chi connectivity index (χ4n) is 1.81. The molecule has 2 unspecified atom stereocenters. The Hall–Kier alpha value is -1.92. The van der Waals surface area contributed by atoms with Gasteiger partial charge in [0.2, 0.25) is 5.91 Å². The average molecular weight is 280 g/mol. The van der Waals surface area contributed by atoms with Crippen molar-refractivity contribution >= 4 is 17.6 Å². The number of nitrogens with one attached hydrogen (secondary N) is 2. The van der Waals surface area contributed by atoms with Gasteiger partial charge in [-0.05, 0) is 24.7 Å². The lowest BCUT2D eigenvalue weighted by Gasteiger charge is -2.21. The molecule has 6 heteroatoms. The SMILES string of the molecule is CCC(=O)Nc1ccc(C(O)C(CC(=O)O)NC)cc1. The van der Waals surface area contributed by atoms with Crippen molar-refractivity contribution in [3.63, 3.8) is 0 Å². The fraction of sp³-hybridized carbons (Fsp3) is 0.429. The molecule has 6 nitrogen and oxygen atoms in total. The molecule has 1 aromatic carbocycles. The molecular weight excluding hydrogens is 260 g/mol. The zero-order chi connectivity index (χ0) is 15.1. The molecule has 0 radical (unpaired) electrons. The van der Waals surface area contributed by atoms with Gasteiger partial charge >= 0.3 is 5.97 Å². The number of aliphatic carboxylic acids is 1. The van der Waals surface area contributed by atoms with Gasteiger partial charge in [-0.1, -0.05) is 19.1 Å². The summed E-state index contributed by atoms with van der Waals surface area (Å²) in [5, 5.41) is 24.4. The second kappa shape index (κ2) is 7.62. The van der Waals surface area contributed by atoms with Crippen LogP contribution >= 0.6 is 0 Å². The number of likely N-dealkylation sites (N-methyl/N-ethyl adjacent to an activating group) is 1. The maximum Gasteiger partial charge on any atom is 0.305 e. The van der Waals surface area contributed by atoms with Crippen molar-refractivity contribution in [3.05, 3.63) is 29.8 Å². The van der Waals surface area contributed by atoms with Gasteiger partial charge in [-0.3, -0.25) is 9.59 Å². The first-order valence-corrected chi connectivity index (χ1v) is 6.44. The number of anilines is 1. The van der Waals surface area contributed by atoms with E-state index in [0.717, 1.165) is 0 Å². The summed E-state index contributed by atoms with van der Waals surface area (Å²) in [6.07, 6.45) is -0.705. The first-order chi connectivity index (χ1) is 9.47. The van der Waals surface area contributed by atoms with Gasteiger partial charge in [0.1, 0.15) is 0 Å².